The SMILES string of the molecule is C1COCCN1.O=c1[nH]cnc2c1ncn2[C@@H]1O[C@H](COP(=O)(O)N2CCOCC2)C(O)[C@@H]1O.O=c1[nH]cnc2c1ncn2[C@@H]1O[C@H](COP(=O)(O)O)C(O)[C@@H]1O.[HH]. The van der Waals surface area contributed by atoms with Gasteiger partial charge in [0.2, 0.25) is 0 Å². The standard InChI is InChI=1S/C14H20N5O8P.C10H13N4O8P.C4H9NO.H2/c20-10-8(5-26-28(23,24)18-1-3-25-4-2-18)27-14(11(10)21)19-7-17-9-12(19)15-6-16-13(9)22;15-6-4(1-21-23(18,19)20)22-10(7(6)16)14-3-13-5-8(14)11-2-12-9(5)17;1-3-6-4-2-5-1;/h6-8,10-11,14,20-21H,1-5H2,(H,23,24)(H,15,16,22);2-4,6-7,10,15-16H,1H2,(H,11,12,17)(H2,18,19,20);5H,1-4H2;1H/t8-,10?,11+,14-;4-,6?,7+,10-;;/m11../s1. The molecule has 3 unspecified atom stereocenters. The minimum Gasteiger partial charge on any atom is -0.387 e. The van der Waals surface area contributed by atoms with Gasteiger partial charge in [0.15, 0.2) is 34.8 Å². The predicted molar refractivity (Wildman–Crippen MR) is 190 cm³/mol. The molecule has 4 aromatic rings. The first kappa shape index (κ1) is 43.1. The second kappa shape index (κ2) is 18.6. The van der Waals surface area contributed by atoms with Crippen LogP contribution in [0.25, 0.3) is 22.3 Å². The lowest BCUT2D eigenvalue weighted by molar-refractivity contribution is -0.0507. The van der Waals surface area contributed by atoms with E-state index in [1.54, 1.807) is 0 Å². The average molecular weight is 855 g/mol. The van der Waals surface area contributed by atoms with E-state index in [1.807, 2.05) is 0 Å². The van der Waals surface area contributed by atoms with Crippen LogP contribution in [-0.4, -0.2) is 181 Å². The number of nitrogens with zero attached hydrogens (tertiary/aromatic N) is 7. The summed E-state index contributed by atoms with van der Waals surface area (Å²) in [7, 11) is -8.83. The maximum absolute atomic E-state index is 12.4. The third-order valence-electron chi connectivity index (χ3n) is 8.96. The van der Waals surface area contributed by atoms with Crippen LogP contribution in [0.5, 0.6) is 0 Å². The first-order chi connectivity index (χ1) is 27.2. The zero-order chi connectivity index (χ0) is 40.9. The number of hydrogen-bond donors (Lipinski definition) is 10. The van der Waals surface area contributed by atoms with Gasteiger partial charge < -0.3 is 69.3 Å². The van der Waals surface area contributed by atoms with Crippen molar-refractivity contribution in [3.63, 3.8) is 0 Å². The van der Waals surface area contributed by atoms with Gasteiger partial charge in [0.1, 0.15) is 36.6 Å². The molecule has 10 N–H and O–H groups in total. The summed E-state index contributed by atoms with van der Waals surface area (Å²) >= 11 is 0. The van der Waals surface area contributed by atoms with Crippen molar-refractivity contribution in [2.75, 3.05) is 65.8 Å². The van der Waals surface area contributed by atoms with Crippen molar-refractivity contribution < 1.29 is 73.7 Å². The fraction of sp³-hybridized carbons (Fsp3) is 0.643. The normalized spacial score (nSPS) is 29.4. The molecule has 9 atom stereocenters. The lowest BCUT2D eigenvalue weighted by atomic mass is 10.1. The fourth-order valence-electron chi connectivity index (χ4n) is 6.04. The maximum Gasteiger partial charge on any atom is 0.469 e. The second-order valence-corrected chi connectivity index (χ2v) is 15.7. The highest BCUT2D eigenvalue weighted by Gasteiger charge is 2.47. The molecule has 57 heavy (non-hydrogen) atoms. The number of morpholine rings is 2. The smallest absolute Gasteiger partial charge is 0.387 e. The van der Waals surface area contributed by atoms with Crippen LogP contribution >= 0.6 is 15.6 Å². The molecule has 4 aliphatic heterocycles. The molecule has 4 aliphatic rings. The van der Waals surface area contributed by atoms with Crippen molar-refractivity contribution in [1.29, 1.82) is 0 Å². The lowest BCUT2D eigenvalue weighted by Crippen LogP contribution is -2.36. The lowest BCUT2D eigenvalue weighted by Gasteiger charge is -2.30. The molecular formula is C28H44N10O17P2. The van der Waals surface area contributed by atoms with E-state index in [0.29, 0.717) is 13.2 Å². The molecule has 0 saturated carbocycles. The van der Waals surface area contributed by atoms with E-state index in [4.69, 9.17) is 33.3 Å². The summed E-state index contributed by atoms with van der Waals surface area (Å²) in [5.41, 5.74) is -0.566. The number of hydrogen-bond acceptors (Lipinski definition) is 19. The molecule has 4 aromatic heterocycles. The number of imidazole rings is 2. The summed E-state index contributed by atoms with van der Waals surface area (Å²) in [6.45, 7) is 3.91. The van der Waals surface area contributed by atoms with Gasteiger partial charge in [-0.15, -0.1) is 0 Å². The van der Waals surface area contributed by atoms with E-state index in [9.17, 15) is 44.0 Å². The van der Waals surface area contributed by atoms with E-state index in [-0.39, 0.29) is 36.8 Å². The molecule has 8 rings (SSSR count). The van der Waals surface area contributed by atoms with E-state index < -0.39 is 89.0 Å². The zero-order valence-corrected chi connectivity index (χ0v) is 31.5. The van der Waals surface area contributed by atoms with Gasteiger partial charge in [0.25, 0.3) is 11.1 Å². The zero-order valence-electron chi connectivity index (χ0n) is 29.7. The minimum absolute atomic E-state index is 0. The van der Waals surface area contributed by atoms with Crippen molar-refractivity contribution in [2.24, 2.45) is 0 Å². The molecule has 8 heterocycles. The number of phosphoric ester groups is 1. The molecule has 29 heteroatoms. The van der Waals surface area contributed by atoms with Crippen LogP contribution in [0, 0.1) is 0 Å². The van der Waals surface area contributed by atoms with Gasteiger partial charge in [-0.2, -0.15) is 0 Å². The number of nitrogens with one attached hydrogen (secondary N) is 3. The van der Waals surface area contributed by atoms with E-state index in [1.165, 1.54) is 32.8 Å². The third-order valence-corrected chi connectivity index (χ3v) is 11.0. The summed E-state index contributed by atoms with van der Waals surface area (Å²) < 4.78 is 57.5. The van der Waals surface area contributed by atoms with Gasteiger partial charge >= 0.3 is 15.6 Å². The number of phosphoric acid groups is 1. The van der Waals surface area contributed by atoms with Crippen LogP contribution in [0.4, 0.5) is 0 Å². The Hall–Kier alpha value is -3.44. The average Bonchev–Trinajstić information content (AvgIpc) is 3.97. The molecule has 0 aromatic carbocycles. The monoisotopic (exact) mass is 854 g/mol. The van der Waals surface area contributed by atoms with Gasteiger partial charge in [0.05, 0.1) is 65.0 Å². The highest BCUT2D eigenvalue weighted by Crippen LogP contribution is 2.47. The van der Waals surface area contributed by atoms with E-state index in [2.05, 4.69) is 39.7 Å². The Bertz CT molecular complexity index is 2150. The van der Waals surface area contributed by atoms with Crippen molar-refractivity contribution in [3.05, 3.63) is 46.0 Å². The number of ether oxygens (including phenoxy) is 4. The van der Waals surface area contributed by atoms with Crippen molar-refractivity contribution in [2.45, 2.75) is 49.1 Å². The minimum atomic E-state index is -4.74. The number of aliphatic hydroxyl groups is 4. The second-order valence-electron chi connectivity index (χ2n) is 12.7. The van der Waals surface area contributed by atoms with E-state index >= 15 is 0 Å². The number of aromatic amines is 2. The predicted octanol–water partition coefficient (Wildman–Crippen LogP) is -4.11. The third kappa shape index (κ3) is 10.2. The topological polar surface area (TPSA) is 374 Å². The Morgan fingerprint density at radius 3 is 1.58 bits per heavy atom. The highest BCUT2D eigenvalue weighted by atomic mass is 31.2. The molecule has 27 nitrogen and oxygen atoms in total. The largest absolute Gasteiger partial charge is 0.469 e. The number of aromatic nitrogens is 8. The molecule has 4 fully saturated rings. The first-order valence-electron chi connectivity index (χ1n) is 17.3. The van der Waals surface area contributed by atoms with Gasteiger partial charge in [-0.3, -0.25) is 27.8 Å². The molecule has 0 radical (unpaired) electrons. The van der Waals surface area contributed by atoms with Crippen LogP contribution in [0.1, 0.15) is 13.9 Å². The molecule has 0 aliphatic carbocycles. The van der Waals surface area contributed by atoms with Gasteiger partial charge in [0, 0.05) is 27.6 Å². The Labute approximate surface area is 321 Å². The molecule has 318 valence electrons. The van der Waals surface area contributed by atoms with Crippen molar-refractivity contribution >= 4 is 37.9 Å². The quantitative estimate of drug-likeness (QED) is 0.0715. The number of rotatable bonds is 9. The summed E-state index contributed by atoms with van der Waals surface area (Å²) in [6, 6.07) is 0. The molecular weight excluding hydrogens is 810 g/mol. The molecule has 4 saturated heterocycles. The summed E-state index contributed by atoms with van der Waals surface area (Å²) in [5, 5.41) is 43.8. The fourth-order valence-corrected chi connectivity index (χ4v) is 7.55. The summed E-state index contributed by atoms with van der Waals surface area (Å²) in [4.78, 5) is 71.3. The van der Waals surface area contributed by atoms with Crippen molar-refractivity contribution in [1.82, 2.24) is 49.0 Å². The Balaban J connectivity index is 0.000000193. The Morgan fingerprint density at radius 1 is 0.702 bits per heavy atom. The van der Waals surface area contributed by atoms with E-state index in [0.717, 1.165) is 32.6 Å². The molecule has 0 spiro atoms. The Kier molecular flexibility index (Phi) is 14.1. The first-order valence-corrected chi connectivity index (χ1v) is 20.3. The van der Waals surface area contributed by atoms with Gasteiger partial charge in [-0.1, -0.05) is 0 Å². The number of H-pyrrole nitrogens is 2. The molecule has 0 bridgehead atoms. The summed E-state index contributed by atoms with van der Waals surface area (Å²) in [6.07, 6.45) is -5.32. The number of fused-ring (bicyclic) bond motifs is 2. The van der Waals surface area contributed by atoms with Crippen LogP contribution in [0.2, 0.25) is 0 Å². The van der Waals surface area contributed by atoms with Gasteiger partial charge in [-0.25, -0.2) is 33.7 Å². The number of aliphatic hydroxyl groups excluding tert-OH is 4. The van der Waals surface area contributed by atoms with Gasteiger partial charge in [-0.05, 0) is 0 Å². The Morgan fingerprint density at radius 2 is 1.16 bits per heavy atom. The van der Waals surface area contributed by atoms with Crippen LogP contribution < -0.4 is 16.4 Å². The van der Waals surface area contributed by atoms with Crippen LogP contribution in [0.15, 0.2) is 34.9 Å². The summed E-state index contributed by atoms with van der Waals surface area (Å²) in [5.74, 6) is 0. The van der Waals surface area contributed by atoms with Crippen LogP contribution in [0.3, 0.4) is 0 Å². The highest BCUT2D eigenvalue weighted by molar-refractivity contribution is 7.50. The van der Waals surface area contributed by atoms with Crippen molar-refractivity contribution in [3.8, 4) is 0 Å². The molecule has 0 amide bonds. The van der Waals surface area contributed by atoms with Crippen LogP contribution in [-0.2, 0) is 37.1 Å². The maximum atomic E-state index is 12.4.